The minimum absolute atomic E-state index is 0.296. The molecule has 0 aromatic heterocycles. The number of carbonyl (C=O) groups is 1. The van der Waals surface area contributed by atoms with Gasteiger partial charge >= 0.3 is 6.03 Å². The average molecular weight is 300 g/mol. The second kappa shape index (κ2) is 7.83. The Balaban J connectivity index is 2.23. The van der Waals surface area contributed by atoms with E-state index in [1.165, 1.54) is 0 Å². The van der Waals surface area contributed by atoms with Crippen LogP contribution in [-0.2, 0) is 16.6 Å². The van der Waals surface area contributed by atoms with Gasteiger partial charge in [-0.05, 0) is 24.1 Å². The second-order valence-electron chi connectivity index (χ2n) is 4.30. The normalized spacial score (nSPS) is 11.1. The van der Waals surface area contributed by atoms with Crippen LogP contribution in [0.15, 0.2) is 24.3 Å². The molecule has 0 unspecified atom stereocenters. The molecule has 0 saturated heterocycles. The molecule has 7 nitrogen and oxygen atoms in total. The predicted octanol–water partition coefficient (Wildman–Crippen LogP) is 0.206. The molecule has 0 saturated carbocycles. The SMILES string of the molecule is CS(=O)(=O)NCCCNC(=O)Nc1ccc(CN)cc1. The molecule has 112 valence electrons. The lowest BCUT2D eigenvalue weighted by Crippen LogP contribution is -2.32. The Morgan fingerprint density at radius 2 is 1.85 bits per heavy atom. The molecular weight excluding hydrogens is 280 g/mol. The minimum Gasteiger partial charge on any atom is -0.338 e. The van der Waals surface area contributed by atoms with Gasteiger partial charge in [-0.25, -0.2) is 17.9 Å². The van der Waals surface area contributed by atoms with Gasteiger partial charge in [0.05, 0.1) is 6.26 Å². The van der Waals surface area contributed by atoms with Crippen molar-refractivity contribution in [1.82, 2.24) is 10.0 Å². The summed E-state index contributed by atoms with van der Waals surface area (Å²) < 4.78 is 24.0. The third-order valence-corrected chi connectivity index (χ3v) is 3.18. The number of carbonyl (C=O) groups excluding carboxylic acids is 1. The van der Waals surface area contributed by atoms with Crippen LogP contribution >= 0.6 is 0 Å². The first-order valence-corrected chi connectivity index (χ1v) is 8.08. The zero-order valence-electron chi connectivity index (χ0n) is 11.3. The van der Waals surface area contributed by atoms with Gasteiger partial charge < -0.3 is 16.4 Å². The number of amides is 2. The number of urea groups is 1. The average Bonchev–Trinajstić information content (AvgIpc) is 2.38. The van der Waals surface area contributed by atoms with Crippen LogP contribution in [0.25, 0.3) is 0 Å². The van der Waals surface area contributed by atoms with Crippen LogP contribution < -0.4 is 21.1 Å². The van der Waals surface area contributed by atoms with Gasteiger partial charge in [-0.3, -0.25) is 0 Å². The molecule has 5 N–H and O–H groups in total. The van der Waals surface area contributed by atoms with E-state index in [1.807, 2.05) is 12.1 Å². The van der Waals surface area contributed by atoms with Crippen molar-refractivity contribution in [2.75, 3.05) is 24.7 Å². The molecule has 0 heterocycles. The van der Waals surface area contributed by atoms with Crippen molar-refractivity contribution in [2.45, 2.75) is 13.0 Å². The molecular formula is C12H20N4O3S. The van der Waals surface area contributed by atoms with Gasteiger partial charge in [-0.2, -0.15) is 0 Å². The van der Waals surface area contributed by atoms with E-state index in [0.29, 0.717) is 31.7 Å². The third-order valence-electron chi connectivity index (χ3n) is 2.45. The predicted molar refractivity (Wildman–Crippen MR) is 78.8 cm³/mol. The molecule has 0 aliphatic rings. The summed E-state index contributed by atoms with van der Waals surface area (Å²) in [6.07, 6.45) is 1.62. The summed E-state index contributed by atoms with van der Waals surface area (Å²) in [6, 6.07) is 6.89. The first-order valence-electron chi connectivity index (χ1n) is 6.19. The zero-order valence-corrected chi connectivity index (χ0v) is 12.2. The quantitative estimate of drug-likeness (QED) is 0.539. The molecule has 0 radical (unpaired) electrons. The highest BCUT2D eigenvalue weighted by atomic mass is 32.2. The van der Waals surface area contributed by atoms with Gasteiger partial charge in [0.1, 0.15) is 0 Å². The standard InChI is InChI=1S/C12H20N4O3S/c1-20(18,19)15-8-2-7-14-12(17)16-11-5-3-10(9-13)4-6-11/h3-6,15H,2,7-9,13H2,1H3,(H2,14,16,17). The maximum absolute atomic E-state index is 11.5. The highest BCUT2D eigenvalue weighted by molar-refractivity contribution is 7.88. The van der Waals surface area contributed by atoms with E-state index >= 15 is 0 Å². The number of benzene rings is 1. The molecule has 0 bridgehead atoms. The lowest BCUT2D eigenvalue weighted by molar-refractivity contribution is 0.252. The van der Waals surface area contributed by atoms with E-state index in [-0.39, 0.29) is 6.03 Å². The molecule has 2 amide bonds. The largest absolute Gasteiger partial charge is 0.338 e. The number of anilines is 1. The summed E-state index contributed by atoms with van der Waals surface area (Å²) >= 11 is 0. The smallest absolute Gasteiger partial charge is 0.319 e. The molecule has 1 aromatic carbocycles. The van der Waals surface area contributed by atoms with E-state index in [1.54, 1.807) is 12.1 Å². The molecule has 1 rings (SSSR count). The topological polar surface area (TPSA) is 113 Å². The van der Waals surface area contributed by atoms with Crippen molar-refractivity contribution in [2.24, 2.45) is 5.73 Å². The van der Waals surface area contributed by atoms with E-state index < -0.39 is 10.0 Å². The van der Waals surface area contributed by atoms with E-state index in [4.69, 9.17) is 5.73 Å². The van der Waals surface area contributed by atoms with Crippen molar-refractivity contribution in [1.29, 1.82) is 0 Å². The maximum atomic E-state index is 11.5. The summed E-state index contributed by atoms with van der Waals surface area (Å²) in [5.74, 6) is 0. The highest BCUT2D eigenvalue weighted by Crippen LogP contribution is 2.08. The zero-order chi connectivity index (χ0) is 15.0. The molecule has 1 aromatic rings. The number of nitrogens with one attached hydrogen (secondary N) is 3. The summed E-state index contributed by atoms with van der Waals surface area (Å²) in [4.78, 5) is 11.5. The Morgan fingerprint density at radius 3 is 2.40 bits per heavy atom. The fraction of sp³-hybridized carbons (Fsp3) is 0.417. The van der Waals surface area contributed by atoms with Crippen LogP contribution in [-0.4, -0.2) is 33.8 Å². The van der Waals surface area contributed by atoms with Crippen molar-refractivity contribution < 1.29 is 13.2 Å². The van der Waals surface area contributed by atoms with Crippen LogP contribution in [0, 0.1) is 0 Å². The van der Waals surface area contributed by atoms with Crippen LogP contribution in [0.5, 0.6) is 0 Å². The Bertz CT molecular complexity index is 528. The molecule has 0 fully saturated rings. The summed E-state index contributed by atoms with van der Waals surface area (Å²) in [7, 11) is -3.17. The van der Waals surface area contributed by atoms with Gasteiger partial charge in [0.15, 0.2) is 0 Å². The molecule has 0 aliphatic carbocycles. The maximum Gasteiger partial charge on any atom is 0.319 e. The molecule has 0 atom stereocenters. The van der Waals surface area contributed by atoms with E-state index in [2.05, 4.69) is 15.4 Å². The van der Waals surface area contributed by atoms with Gasteiger partial charge in [0.2, 0.25) is 10.0 Å². The fourth-order valence-corrected chi connectivity index (χ4v) is 1.96. The molecule has 0 aliphatic heterocycles. The van der Waals surface area contributed by atoms with Crippen LogP contribution in [0.2, 0.25) is 0 Å². The van der Waals surface area contributed by atoms with Crippen molar-refractivity contribution in [3.05, 3.63) is 29.8 Å². The van der Waals surface area contributed by atoms with Gasteiger partial charge in [-0.15, -0.1) is 0 Å². The Morgan fingerprint density at radius 1 is 1.20 bits per heavy atom. The van der Waals surface area contributed by atoms with E-state index in [9.17, 15) is 13.2 Å². The first kappa shape index (κ1) is 16.4. The molecule has 20 heavy (non-hydrogen) atoms. The monoisotopic (exact) mass is 300 g/mol. The minimum atomic E-state index is -3.17. The fourth-order valence-electron chi connectivity index (χ4n) is 1.45. The van der Waals surface area contributed by atoms with Crippen molar-refractivity contribution >= 4 is 21.7 Å². The first-order chi connectivity index (χ1) is 9.40. The third kappa shape index (κ3) is 7.07. The Labute approximate surface area is 119 Å². The van der Waals surface area contributed by atoms with Crippen molar-refractivity contribution in [3.63, 3.8) is 0 Å². The number of hydrogen-bond donors (Lipinski definition) is 4. The Hall–Kier alpha value is -1.64. The Kier molecular flexibility index (Phi) is 6.43. The highest BCUT2D eigenvalue weighted by Gasteiger charge is 2.02. The number of sulfonamides is 1. The number of rotatable bonds is 7. The van der Waals surface area contributed by atoms with Gasteiger partial charge in [-0.1, -0.05) is 12.1 Å². The molecule has 8 heteroatoms. The lowest BCUT2D eigenvalue weighted by atomic mass is 10.2. The van der Waals surface area contributed by atoms with Crippen LogP contribution in [0.3, 0.4) is 0 Å². The summed E-state index contributed by atoms with van der Waals surface area (Å²) in [5, 5.41) is 5.31. The van der Waals surface area contributed by atoms with Crippen molar-refractivity contribution in [3.8, 4) is 0 Å². The lowest BCUT2D eigenvalue weighted by Gasteiger charge is -2.08. The summed E-state index contributed by atoms with van der Waals surface area (Å²) in [5.41, 5.74) is 7.14. The number of nitrogens with two attached hydrogens (primary N) is 1. The van der Waals surface area contributed by atoms with Crippen LogP contribution in [0.4, 0.5) is 10.5 Å². The summed E-state index contributed by atoms with van der Waals surface area (Å²) in [6.45, 7) is 1.14. The molecule has 0 spiro atoms. The number of hydrogen-bond acceptors (Lipinski definition) is 4. The van der Waals surface area contributed by atoms with Gasteiger partial charge in [0, 0.05) is 25.3 Å². The van der Waals surface area contributed by atoms with Gasteiger partial charge in [0.25, 0.3) is 0 Å². The van der Waals surface area contributed by atoms with Crippen LogP contribution in [0.1, 0.15) is 12.0 Å². The van der Waals surface area contributed by atoms with E-state index in [0.717, 1.165) is 11.8 Å². The second-order valence-corrected chi connectivity index (χ2v) is 6.14.